The first-order chi connectivity index (χ1) is 9.02. The highest BCUT2D eigenvalue weighted by Gasteiger charge is 2.16. The van der Waals surface area contributed by atoms with Crippen LogP contribution in [0.4, 0.5) is 5.69 Å². The number of rotatable bonds is 4. The van der Waals surface area contributed by atoms with E-state index in [9.17, 15) is 4.79 Å². The fourth-order valence-electron chi connectivity index (χ4n) is 2.11. The number of hydrogen-bond acceptors (Lipinski definition) is 4. The summed E-state index contributed by atoms with van der Waals surface area (Å²) in [4.78, 5) is 16.1. The van der Waals surface area contributed by atoms with E-state index in [-0.39, 0.29) is 12.5 Å². The zero-order valence-electron chi connectivity index (χ0n) is 11.5. The number of carbonyl (C=O) groups is 1. The lowest BCUT2D eigenvalue weighted by Gasteiger charge is -2.09. The standard InChI is InChI=1S/C14H19N3O2/c1-9(2)7-12-16-14-10(15)5-4-6-11(14)17(12)8-13(18)19-3/h4-6,9H,7-8,15H2,1-3H3. The number of esters is 1. The monoisotopic (exact) mass is 261 g/mol. The molecule has 0 aliphatic carbocycles. The Morgan fingerprint density at radius 1 is 1.47 bits per heavy atom. The fourth-order valence-corrected chi connectivity index (χ4v) is 2.11. The molecule has 2 N–H and O–H groups in total. The molecule has 0 spiro atoms. The summed E-state index contributed by atoms with van der Waals surface area (Å²) in [6, 6.07) is 5.61. The summed E-state index contributed by atoms with van der Waals surface area (Å²) in [6.07, 6.45) is 0.797. The molecule has 5 heteroatoms. The Balaban J connectivity index is 2.54. The third-order valence-corrected chi connectivity index (χ3v) is 2.99. The Labute approximate surface area is 112 Å². The molecule has 2 aromatic rings. The van der Waals surface area contributed by atoms with E-state index in [1.165, 1.54) is 7.11 Å². The second-order valence-corrected chi connectivity index (χ2v) is 5.00. The van der Waals surface area contributed by atoms with Gasteiger partial charge in [0.25, 0.3) is 0 Å². The van der Waals surface area contributed by atoms with Crippen molar-refractivity contribution in [3.63, 3.8) is 0 Å². The van der Waals surface area contributed by atoms with Gasteiger partial charge in [-0.1, -0.05) is 19.9 Å². The minimum absolute atomic E-state index is 0.165. The van der Waals surface area contributed by atoms with Crippen LogP contribution < -0.4 is 5.73 Å². The lowest BCUT2D eigenvalue weighted by atomic mass is 10.1. The van der Waals surface area contributed by atoms with Crippen molar-refractivity contribution in [1.82, 2.24) is 9.55 Å². The van der Waals surface area contributed by atoms with Crippen molar-refractivity contribution in [1.29, 1.82) is 0 Å². The first-order valence-electron chi connectivity index (χ1n) is 6.33. The fraction of sp³-hybridized carbons (Fsp3) is 0.429. The van der Waals surface area contributed by atoms with Crippen LogP contribution in [0.2, 0.25) is 0 Å². The van der Waals surface area contributed by atoms with Gasteiger partial charge in [-0.25, -0.2) is 4.98 Å². The van der Waals surface area contributed by atoms with E-state index in [2.05, 4.69) is 18.8 Å². The summed E-state index contributed by atoms with van der Waals surface area (Å²) < 4.78 is 6.63. The number of anilines is 1. The molecule has 0 atom stereocenters. The number of nitrogens with zero attached hydrogens (tertiary/aromatic N) is 2. The smallest absolute Gasteiger partial charge is 0.325 e. The number of benzene rings is 1. The van der Waals surface area contributed by atoms with Crippen molar-refractivity contribution in [2.75, 3.05) is 12.8 Å². The Morgan fingerprint density at radius 2 is 2.21 bits per heavy atom. The number of carbonyl (C=O) groups excluding carboxylic acids is 1. The molecule has 0 bridgehead atoms. The Morgan fingerprint density at radius 3 is 2.84 bits per heavy atom. The van der Waals surface area contributed by atoms with Crippen molar-refractivity contribution in [3.8, 4) is 0 Å². The molecule has 19 heavy (non-hydrogen) atoms. The first kappa shape index (κ1) is 13.4. The first-order valence-corrected chi connectivity index (χ1v) is 6.33. The number of aromatic nitrogens is 2. The molecule has 0 unspecified atom stereocenters. The SMILES string of the molecule is COC(=O)Cn1c(CC(C)C)nc2c(N)cccc21. The van der Waals surface area contributed by atoms with Crippen LogP contribution in [0.5, 0.6) is 0 Å². The molecule has 1 aromatic heterocycles. The van der Waals surface area contributed by atoms with Crippen molar-refractivity contribution in [2.45, 2.75) is 26.8 Å². The Bertz CT molecular complexity index is 602. The summed E-state index contributed by atoms with van der Waals surface area (Å²) in [5, 5.41) is 0. The molecule has 0 aliphatic heterocycles. The van der Waals surface area contributed by atoms with E-state index in [1.54, 1.807) is 0 Å². The second-order valence-electron chi connectivity index (χ2n) is 5.00. The van der Waals surface area contributed by atoms with Crippen LogP contribution in [0.15, 0.2) is 18.2 Å². The molecule has 0 fully saturated rings. The van der Waals surface area contributed by atoms with E-state index in [0.29, 0.717) is 11.6 Å². The quantitative estimate of drug-likeness (QED) is 0.675. The lowest BCUT2D eigenvalue weighted by molar-refractivity contribution is -0.141. The number of ether oxygens (including phenoxy) is 1. The number of nitrogens with two attached hydrogens (primary N) is 1. The van der Waals surface area contributed by atoms with Crippen LogP contribution in [0.1, 0.15) is 19.7 Å². The summed E-state index contributed by atoms with van der Waals surface area (Å²) in [7, 11) is 1.39. The number of para-hydroxylation sites is 1. The highest BCUT2D eigenvalue weighted by atomic mass is 16.5. The zero-order chi connectivity index (χ0) is 14.0. The molecular weight excluding hydrogens is 242 g/mol. The molecule has 5 nitrogen and oxygen atoms in total. The van der Waals surface area contributed by atoms with Crippen molar-refractivity contribution >= 4 is 22.7 Å². The molecule has 0 amide bonds. The molecular formula is C14H19N3O2. The minimum Gasteiger partial charge on any atom is -0.468 e. The van der Waals surface area contributed by atoms with Crippen LogP contribution in [0.3, 0.4) is 0 Å². The van der Waals surface area contributed by atoms with E-state index in [4.69, 9.17) is 10.5 Å². The van der Waals surface area contributed by atoms with Crippen molar-refractivity contribution < 1.29 is 9.53 Å². The summed E-state index contributed by atoms with van der Waals surface area (Å²) >= 11 is 0. The number of methoxy groups -OCH3 is 1. The largest absolute Gasteiger partial charge is 0.468 e. The topological polar surface area (TPSA) is 70.1 Å². The molecule has 102 valence electrons. The van der Waals surface area contributed by atoms with Crippen LogP contribution in [-0.4, -0.2) is 22.6 Å². The summed E-state index contributed by atoms with van der Waals surface area (Å²) in [5.41, 5.74) is 8.20. The number of nitrogen functional groups attached to an aromatic ring is 1. The molecule has 0 saturated carbocycles. The van der Waals surface area contributed by atoms with Crippen LogP contribution in [0.25, 0.3) is 11.0 Å². The average Bonchev–Trinajstić information content (AvgIpc) is 2.68. The predicted molar refractivity (Wildman–Crippen MR) is 74.7 cm³/mol. The molecule has 1 heterocycles. The van der Waals surface area contributed by atoms with Crippen LogP contribution in [0, 0.1) is 5.92 Å². The molecule has 0 radical (unpaired) electrons. The average molecular weight is 261 g/mol. The molecule has 0 saturated heterocycles. The van der Waals surface area contributed by atoms with Gasteiger partial charge in [-0.05, 0) is 18.1 Å². The van der Waals surface area contributed by atoms with Gasteiger partial charge in [0.15, 0.2) is 0 Å². The maximum atomic E-state index is 11.5. The Hall–Kier alpha value is -2.04. The minimum atomic E-state index is -0.285. The van der Waals surface area contributed by atoms with E-state index in [0.717, 1.165) is 23.3 Å². The van der Waals surface area contributed by atoms with Gasteiger partial charge in [0.1, 0.15) is 17.9 Å². The van der Waals surface area contributed by atoms with E-state index < -0.39 is 0 Å². The van der Waals surface area contributed by atoms with E-state index >= 15 is 0 Å². The van der Waals surface area contributed by atoms with Gasteiger partial charge in [-0.15, -0.1) is 0 Å². The van der Waals surface area contributed by atoms with Gasteiger partial charge < -0.3 is 15.0 Å². The molecule has 2 rings (SSSR count). The second kappa shape index (κ2) is 5.30. The van der Waals surface area contributed by atoms with Gasteiger partial charge in [0.05, 0.1) is 18.3 Å². The molecule has 1 aromatic carbocycles. The normalized spacial score (nSPS) is 11.2. The predicted octanol–water partition coefficient (Wildman–Crippen LogP) is 1.99. The van der Waals surface area contributed by atoms with Gasteiger partial charge in [0.2, 0.25) is 0 Å². The van der Waals surface area contributed by atoms with Crippen LogP contribution in [-0.2, 0) is 22.5 Å². The zero-order valence-corrected chi connectivity index (χ0v) is 11.5. The Kier molecular flexibility index (Phi) is 3.74. The van der Waals surface area contributed by atoms with Crippen LogP contribution >= 0.6 is 0 Å². The molecule has 0 aliphatic rings. The van der Waals surface area contributed by atoms with E-state index in [1.807, 2.05) is 22.8 Å². The van der Waals surface area contributed by atoms with Gasteiger partial charge in [0, 0.05) is 6.42 Å². The highest BCUT2D eigenvalue weighted by Crippen LogP contribution is 2.23. The van der Waals surface area contributed by atoms with Crippen molar-refractivity contribution in [2.24, 2.45) is 5.92 Å². The van der Waals surface area contributed by atoms with Gasteiger partial charge in [-0.2, -0.15) is 0 Å². The van der Waals surface area contributed by atoms with Gasteiger partial charge >= 0.3 is 5.97 Å². The number of hydrogen-bond donors (Lipinski definition) is 1. The maximum Gasteiger partial charge on any atom is 0.325 e. The van der Waals surface area contributed by atoms with Crippen molar-refractivity contribution in [3.05, 3.63) is 24.0 Å². The third kappa shape index (κ3) is 2.70. The third-order valence-electron chi connectivity index (χ3n) is 2.99. The summed E-state index contributed by atoms with van der Waals surface area (Å²) in [6.45, 7) is 4.40. The maximum absolute atomic E-state index is 11.5. The lowest BCUT2D eigenvalue weighted by Crippen LogP contribution is -2.15. The van der Waals surface area contributed by atoms with Gasteiger partial charge in [-0.3, -0.25) is 4.79 Å². The number of imidazole rings is 1. The highest BCUT2D eigenvalue weighted by molar-refractivity contribution is 5.88. The summed E-state index contributed by atoms with van der Waals surface area (Å²) in [5.74, 6) is 1.04. The number of fused-ring (bicyclic) bond motifs is 1.